The van der Waals surface area contributed by atoms with Gasteiger partial charge in [0.15, 0.2) is 0 Å². The Balaban J connectivity index is 2.31. The van der Waals surface area contributed by atoms with E-state index in [2.05, 4.69) is 0 Å². The molecule has 0 amide bonds. The molecule has 0 aromatic heterocycles. The Kier molecular flexibility index (Phi) is 7.15. The van der Waals surface area contributed by atoms with Crippen LogP contribution >= 0.6 is 0 Å². The SMILES string of the molecule is CCCCOC(=O)[C@@H](N)[C@@H](C)OCc1ccccc1. The minimum atomic E-state index is -0.736. The van der Waals surface area contributed by atoms with Crippen LogP contribution < -0.4 is 5.73 Å². The molecular weight excluding hydrogens is 242 g/mol. The molecule has 2 atom stereocenters. The summed E-state index contributed by atoms with van der Waals surface area (Å²) in [4.78, 5) is 11.6. The van der Waals surface area contributed by atoms with E-state index in [9.17, 15) is 4.79 Å². The van der Waals surface area contributed by atoms with Crippen molar-refractivity contribution in [1.82, 2.24) is 0 Å². The highest BCUT2D eigenvalue weighted by Crippen LogP contribution is 2.06. The molecular formula is C15H23NO3. The number of benzene rings is 1. The lowest BCUT2D eigenvalue weighted by Crippen LogP contribution is -2.42. The summed E-state index contributed by atoms with van der Waals surface area (Å²) in [6.45, 7) is 4.69. The van der Waals surface area contributed by atoms with Crippen LogP contribution in [0.5, 0.6) is 0 Å². The van der Waals surface area contributed by atoms with Gasteiger partial charge in [0.1, 0.15) is 6.04 Å². The summed E-state index contributed by atoms with van der Waals surface area (Å²) in [6.07, 6.45) is 1.48. The number of hydrogen-bond acceptors (Lipinski definition) is 4. The summed E-state index contributed by atoms with van der Waals surface area (Å²) in [6, 6.07) is 9.05. The van der Waals surface area contributed by atoms with Crippen LogP contribution in [0.15, 0.2) is 30.3 Å². The molecule has 0 saturated carbocycles. The molecule has 0 fully saturated rings. The van der Waals surface area contributed by atoms with E-state index in [-0.39, 0.29) is 6.10 Å². The first-order valence-corrected chi connectivity index (χ1v) is 6.73. The van der Waals surface area contributed by atoms with Crippen LogP contribution in [0.2, 0.25) is 0 Å². The molecule has 106 valence electrons. The fourth-order valence-corrected chi connectivity index (χ4v) is 1.51. The quantitative estimate of drug-likeness (QED) is 0.578. The summed E-state index contributed by atoms with van der Waals surface area (Å²) in [5.41, 5.74) is 6.86. The molecule has 1 aromatic carbocycles. The van der Waals surface area contributed by atoms with Crippen molar-refractivity contribution in [3.8, 4) is 0 Å². The Morgan fingerprint density at radius 2 is 2.00 bits per heavy atom. The van der Waals surface area contributed by atoms with E-state index in [0.29, 0.717) is 13.2 Å². The molecule has 19 heavy (non-hydrogen) atoms. The van der Waals surface area contributed by atoms with E-state index in [4.69, 9.17) is 15.2 Å². The van der Waals surface area contributed by atoms with Gasteiger partial charge in [-0.2, -0.15) is 0 Å². The summed E-state index contributed by atoms with van der Waals surface area (Å²) < 4.78 is 10.7. The van der Waals surface area contributed by atoms with E-state index < -0.39 is 12.0 Å². The molecule has 0 unspecified atom stereocenters. The molecule has 4 nitrogen and oxygen atoms in total. The third-order valence-corrected chi connectivity index (χ3v) is 2.88. The second-order valence-corrected chi connectivity index (χ2v) is 4.55. The molecule has 0 heterocycles. The number of nitrogens with two attached hydrogens (primary N) is 1. The minimum absolute atomic E-state index is 0.366. The molecule has 0 spiro atoms. The van der Waals surface area contributed by atoms with Crippen molar-refractivity contribution in [2.24, 2.45) is 5.73 Å². The van der Waals surface area contributed by atoms with Crippen molar-refractivity contribution < 1.29 is 14.3 Å². The van der Waals surface area contributed by atoms with Crippen molar-refractivity contribution in [1.29, 1.82) is 0 Å². The number of hydrogen-bond donors (Lipinski definition) is 1. The van der Waals surface area contributed by atoms with Crippen molar-refractivity contribution in [3.63, 3.8) is 0 Å². The smallest absolute Gasteiger partial charge is 0.325 e. The molecule has 0 aliphatic carbocycles. The van der Waals surface area contributed by atoms with Crippen molar-refractivity contribution in [2.45, 2.75) is 45.4 Å². The minimum Gasteiger partial charge on any atom is -0.464 e. The van der Waals surface area contributed by atoms with Gasteiger partial charge >= 0.3 is 5.97 Å². The van der Waals surface area contributed by atoms with Gasteiger partial charge in [0.25, 0.3) is 0 Å². The predicted octanol–water partition coefficient (Wildman–Crippen LogP) is 2.26. The van der Waals surface area contributed by atoms with Gasteiger partial charge in [0, 0.05) is 0 Å². The van der Waals surface area contributed by atoms with E-state index in [0.717, 1.165) is 18.4 Å². The topological polar surface area (TPSA) is 61.5 Å². The number of carbonyl (C=O) groups is 1. The van der Waals surface area contributed by atoms with Crippen molar-refractivity contribution >= 4 is 5.97 Å². The second-order valence-electron chi connectivity index (χ2n) is 4.55. The number of ether oxygens (including phenoxy) is 2. The molecule has 0 aliphatic heterocycles. The van der Waals surface area contributed by atoms with Gasteiger partial charge < -0.3 is 15.2 Å². The molecule has 0 radical (unpaired) electrons. The van der Waals surface area contributed by atoms with Gasteiger partial charge in [-0.05, 0) is 18.9 Å². The van der Waals surface area contributed by atoms with Crippen LogP contribution in [0.25, 0.3) is 0 Å². The lowest BCUT2D eigenvalue weighted by molar-refractivity contribution is -0.149. The van der Waals surface area contributed by atoms with Gasteiger partial charge in [-0.15, -0.1) is 0 Å². The van der Waals surface area contributed by atoms with Gasteiger partial charge in [-0.1, -0.05) is 43.7 Å². The summed E-state index contributed by atoms with van der Waals surface area (Å²) in [5, 5.41) is 0. The zero-order valence-electron chi connectivity index (χ0n) is 11.7. The molecule has 4 heteroatoms. The van der Waals surface area contributed by atoms with Crippen molar-refractivity contribution in [3.05, 3.63) is 35.9 Å². The van der Waals surface area contributed by atoms with Gasteiger partial charge in [0.2, 0.25) is 0 Å². The monoisotopic (exact) mass is 265 g/mol. The van der Waals surface area contributed by atoms with Crippen LogP contribution in [0, 0.1) is 0 Å². The molecule has 0 bridgehead atoms. The van der Waals surface area contributed by atoms with Gasteiger partial charge in [-0.25, -0.2) is 0 Å². The first-order chi connectivity index (χ1) is 9.15. The first-order valence-electron chi connectivity index (χ1n) is 6.73. The highest BCUT2D eigenvalue weighted by molar-refractivity contribution is 5.76. The largest absolute Gasteiger partial charge is 0.464 e. The number of rotatable bonds is 8. The van der Waals surface area contributed by atoms with Crippen LogP contribution in [0.4, 0.5) is 0 Å². The third-order valence-electron chi connectivity index (χ3n) is 2.88. The molecule has 1 aromatic rings. The Hall–Kier alpha value is -1.39. The lowest BCUT2D eigenvalue weighted by Gasteiger charge is -2.19. The van der Waals surface area contributed by atoms with Crippen LogP contribution in [-0.4, -0.2) is 24.7 Å². The standard InChI is InChI=1S/C15H23NO3/c1-3-4-10-18-15(17)14(16)12(2)19-11-13-8-6-5-7-9-13/h5-9,12,14H,3-4,10-11,16H2,1-2H3/t12-,14+/m1/s1. The predicted molar refractivity (Wildman–Crippen MR) is 74.5 cm³/mol. The van der Waals surface area contributed by atoms with E-state index in [1.165, 1.54) is 0 Å². The molecule has 0 saturated heterocycles. The Morgan fingerprint density at radius 3 is 2.63 bits per heavy atom. The van der Waals surface area contributed by atoms with Crippen LogP contribution in [0.1, 0.15) is 32.3 Å². The third kappa shape index (κ3) is 5.85. The maximum atomic E-state index is 11.6. The molecule has 0 aliphatic rings. The van der Waals surface area contributed by atoms with E-state index in [1.807, 2.05) is 37.3 Å². The van der Waals surface area contributed by atoms with Gasteiger partial charge in [0.05, 0.1) is 19.3 Å². The van der Waals surface area contributed by atoms with E-state index in [1.54, 1.807) is 6.92 Å². The van der Waals surface area contributed by atoms with Crippen molar-refractivity contribution in [2.75, 3.05) is 6.61 Å². The molecule has 1 rings (SSSR count). The Bertz CT molecular complexity index is 367. The average molecular weight is 265 g/mol. The number of esters is 1. The zero-order chi connectivity index (χ0) is 14.1. The highest BCUT2D eigenvalue weighted by atomic mass is 16.5. The Morgan fingerprint density at radius 1 is 1.32 bits per heavy atom. The number of unbranched alkanes of at least 4 members (excludes halogenated alkanes) is 1. The second kappa shape index (κ2) is 8.67. The van der Waals surface area contributed by atoms with Crippen LogP contribution in [0.3, 0.4) is 0 Å². The van der Waals surface area contributed by atoms with Gasteiger partial charge in [-0.3, -0.25) is 4.79 Å². The maximum Gasteiger partial charge on any atom is 0.325 e. The fraction of sp³-hybridized carbons (Fsp3) is 0.533. The average Bonchev–Trinajstić information content (AvgIpc) is 2.45. The fourth-order valence-electron chi connectivity index (χ4n) is 1.51. The first kappa shape index (κ1) is 15.7. The lowest BCUT2D eigenvalue weighted by atomic mass is 10.2. The normalized spacial score (nSPS) is 13.8. The summed E-state index contributed by atoms with van der Waals surface area (Å²) in [7, 11) is 0. The van der Waals surface area contributed by atoms with Crippen LogP contribution in [-0.2, 0) is 20.9 Å². The summed E-state index contributed by atoms with van der Waals surface area (Å²) >= 11 is 0. The Labute approximate surface area is 114 Å². The number of carbonyl (C=O) groups excluding carboxylic acids is 1. The zero-order valence-corrected chi connectivity index (χ0v) is 11.7. The molecule has 2 N–H and O–H groups in total. The summed E-state index contributed by atoms with van der Waals surface area (Å²) in [5.74, 6) is -0.394. The van der Waals surface area contributed by atoms with E-state index >= 15 is 0 Å². The maximum absolute atomic E-state index is 11.6. The highest BCUT2D eigenvalue weighted by Gasteiger charge is 2.22.